The molecule has 2 aliphatic heterocycles. The first-order chi connectivity index (χ1) is 65.8. The Balaban J connectivity index is 0.000000120. The van der Waals surface area contributed by atoms with E-state index in [2.05, 4.69) is 66.1 Å². The van der Waals surface area contributed by atoms with E-state index in [-0.39, 0.29) is 41.8 Å². The predicted octanol–water partition coefficient (Wildman–Crippen LogP) is 15.3. The number of fused-ring (bicyclic) bond motifs is 4. The highest BCUT2D eigenvalue weighted by Gasteiger charge is 2.46. The molecule has 1 atom stereocenters. The van der Waals surface area contributed by atoms with E-state index in [1.54, 1.807) is 12.4 Å². The Labute approximate surface area is 778 Å². The van der Waals surface area contributed by atoms with Gasteiger partial charge in [0.2, 0.25) is 0 Å². The molecule has 9 aromatic heterocycles. The van der Waals surface area contributed by atoms with E-state index < -0.39 is 5.79 Å². The van der Waals surface area contributed by atoms with Gasteiger partial charge >= 0.3 is 0 Å². The van der Waals surface area contributed by atoms with E-state index in [4.69, 9.17) is 57.5 Å². The highest BCUT2D eigenvalue weighted by atomic mass is 16.7. The number of nitrogens with one attached hydrogen (secondary N) is 4. The number of nitrogens with two attached hydrogens (primary N) is 4. The lowest BCUT2D eigenvalue weighted by molar-refractivity contribution is -0.152. The maximum atomic E-state index is 12.6. The SMILES string of the molecule is Cc1ccccc1C(=O)NCc1ccc(-c2nn(C3CCC(=O)CC3)c3ncnc(N)c23)cc1.Cc1ccccc1C(=O)NCc1ccc(-c2nn(C3CCC4(C3)OCCO4)c3ncnc(N)c23)cc1.Cc1ccccc1C(=O)NCc1ccc(-c2nn(C3CCOCC3)c3ncnc(N)c23)cc1.Cc1ccncc1C(=O)NCc1ccc(-c2nn(C3CCCC3)c3ncnc(N)c23)cc1. The molecule has 16 aromatic rings. The van der Waals surface area contributed by atoms with E-state index in [9.17, 15) is 24.0 Å². The van der Waals surface area contributed by atoms with Crippen LogP contribution in [0.3, 0.4) is 0 Å². The minimum Gasteiger partial charge on any atom is -0.383 e. The van der Waals surface area contributed by atoms with Crippen LogP contribution in [-0.4, -0.2) is 146 Å². The molecule has 4 amide bonds. The van der Waals surface area contributed by atoms with Gasteiger partial charge in [-0.2, -0.15) is 20.4 Å². The van der Waals surface area contributed by atoms with Crippen molar-refractivity contribution in [2.75, 3.05) is 49.4 Å². The number of ether oxygens (including phenoxy) is 3. The number of carbonyl (C=O) groups is 5. The van der Waals surface area contributed by atoms with Crippen LogP contribution in [0.25, 0.3) is 89.2 Å². The molecule has 5 fully saturated rings. The highest BCUT2D eigenvalue weighted by Crippen LogP contribution is 2.46. The number of amides is 4. The van der Waals surface area contributed by atoms with Gasteiger partial charge < -0.3 is 58.4 Å². The van der Waals surface area contributed by atoms with Gasteiger partial charge in [0.1, 0.15) is 77.1 Å². The van der Waals surface area contributed by atoms with E-state index in [1.807, 2.05) is 222 Å². The Bertz CT molecular complexity index is 7030. The number of nitrogen functional groups attached to an aromatic ring is 4. The highest BCUT2D eigenvalue weighted by molar-refractivity contribution is 6.03. The summed E-state index contributed by atoms with van der Waals surface area (Å²) >= 11 is 0. The van der Waals surface area contributed by atoms with Crippen LogP contribution >= 0.6 is 0 Å². The first kappa shape index (κ1) is 90.1. The quantitative estimate of drug-likeness (QED) is 0.0351. The number of anilines is 4. The summed E-state index contributed by atoms with van der Waals surface area (Å²) in [6.07, 6.45) is 20.7. The number of hydrogen-bond donors (Lipinski definition) is 8. The number of nitrogens with zero attached hydrogens (tertiary/aromatic N) is 17. The van der Waals surface area contributed by atoms with Gasteiger partial charge in [-0.05, 0) is 141 Å². The second-order valence-electron chi connectivity index (χ2n) is 34.7. The summed E-state index contributed by atoms with van der Waals surface area (Å²) < 4.78 is 25.2. The Morgan fingerprint density at radius 3 is 1.01 bits per heavy atom. The lowest BCUT2D eigenvalue weighted by Gasteiger charge is -2.22. The van der Waals surface area contributed by atoms with E-state index in [0.717, 1.165) is 180 Å². The molecule has 11 heterocycles. The van der Waals surface area contributed by atoms with Crippen LogP contribution < -0.4 is 44.2 Å². The smallest absolute Gasteiger partial charge is 0.253 e. The maximum absolute atomic E-state index is 12.6. The van der Waals surface area contributed by atoms with Crippen LogP contribution in [0.2, 0.25) is 0 Å². The zero-order chi connectivity index (χ0) is 93.2. The number of pyridine rings is 1. The number of hydrogen-bond acceptors (Lipinski definition) is 25. The monoisotopic (exact) mass is 1810 g/mol. The van der Waals surface area contributed by atoms with Gasteiger partial charge in [0.25, 0.3) is 23.6 Å². The molecule has 2 saturated heterocycles. The molecule has 3 saturated carbocycles. The molecule has 686 valence electrons. The number of aryl methyl sites for hydroxylation is 4. The Kier molecular flexibility index (Phi) is 26.9. The molecule has 5 aliphatic rings. The van der Waals surface area contributed by atoms with Crippen LogP contribution in [-0.2, 0) is 45.2 Å². The molecule has 7 aromatic carbocycles. The van der Waals surface area contributed by atoms with Gasteiger partial charge in [-0.15, -0.1) is 0 Å². The predicted molar refractivity (Wildman–Crippen MR) is 515 cm³/mol. The summed E-state index contributed by atoms with van der Waals surface area (Å²) in [6, 6.07) is 57.1. The molecule has 135 heavy (non-hydrogen) atoms. The van der Waals surface area contributed by atoms with Crippen molar-refractivity contribution in [3.05, 3.63) is 280 Å². The number of rotatable bonds is 20. The molecule has 0 radical (unpaired) electrons. The van der Waals surface area contributed by atoms with Crippen molar-refractivity contribution in [2.45, 2.75) is 167 Å². The van der Waals surface area contributed by atoms with Crippen molar-refractivity contribution in [1.82, 2.24) is 105 Å². The third kappa shape index (κ3) is 19.7. The summed E-state index contributed by atoms with van der Waals surface area (Å²) in [7, 11) is 0. The second-order valence-corrected chi connectivity index (χ2v) is 34.7. The maximum Gasteiger partial charge on any atom is 0.253 e. The first-order valence-electron chi connectivity index (χ1n) is 45.7. The Morgan fingerprint density at radius 2 is 0.674 bits per heavy atom. The molecule has 3 aliphatic carbocycles. The van der Waals surface area contributed by atoms with Crippen LogP contribution in [0, 0.1) is 27.7 Å². The van der Waals surface area contributed by atoms with E-state index in [0.29, 0.717) is 134 Å². The van der Waals surface area contributed by atoms with Crippen LogP contribution in [0.5, 0.6) is 0 Å². The van der Waals surface area contributed by atoms with Crippen molar-refractivity contribution in [3.63, 3.8) is 0 Å². The van der Waals surface area contributed by atoms with Gasteiger partial charge in [0.05, 0.1) is 64.5 Å². The topological polar surface area (TPSA) is 453 Å². The van der Waals surface area contributed by atoms with Crippen molar-refractivity contribution >= 4 is 96.8 Å². The fraction of sp³-hybridized carbons (Fsp3) is 0.294. The molecular weight excluding hydrogens is 1700 g/mol. The molecule has 1 unspecified atom stereocenters. The third-order valence-corrected chi connectivity index (χ3v) is 25.9. The average Bonchev–Trinajstić information content (AvgIpc) is 1.60. The normalized spacial score (nSPS) is 15.5. The minimum atomic E-state index is -0.508. The van der Waals surface area contributed by atoms with E-state index in [1.165, 1.54) is 38.2 Å². The Morgan fingerprint density at radius 1 is 0.363 bits per heavy atom. The summed E-state index contributed by atoms with van der Waals surface area (Å²) in [4.78, 5) is 101. The molecule has 21 rings (SSSR count). The zero-order valence-electron chi connectivity index (χ0n) is 75.5. The van der Waals surface area contributed by atoms with Gasteiger partial charge in [0, 0.05) is 116 Å². The Hall–Kier alpha value is -15.5. The third-order valence-electron chi connectivity index (χ3n) is 25.9. The number of aromatic nitrogens is 17. The summed E-state index contributed by atoms with van der Waals surface area (Å²) in [5, 5.41) is 34.6. The number of Topliss-reactive ketones (excluding diaryl/α,β-unsaturated/α-hetero) is 1. The van der Waals surface area contributed by atoms with Crippen molar-refractivity contribution in [1.29, 1.82) is 0 Å². The van der Waals surface area contributed by atoms with Crippen molar-refractivity contribution in [2.24, 2.45) is 0 Å². The molecule has 0 bridgehead atoms. The molecule has 33 heteroatoms. The minimum absolute atomic E-state index is 0.0803. The molecular formula is C102H105N25O8. The average molecular weight is 1810 g/mol. The van der Waals surface area contributed by atoms with Gasteiger partial charge in [0.15, 0.2) is 28.4 Å². The van der Waals surface area contributed by atoms with Gasteiger partial charge in [-0.25, -0.2) is 58.6 Å². The number of benzene rings is 7. The van der Waals surface area contributed by atoms with E-state index >= 15 is 0 Å². The fourth-order valence-corrected chi connectivity index (χ4v) is 18.4. The molecule has 1 spiro atoms. The zero-order valence-corrected chi connectivity index (χ0v) is 75.5. The molecule has 12 N–H and O–H groups in total. The number of ketones is 1. The lowest BCUT2D eigenvalue weighted by atomic mass is 9.94. The van der Waals surface area contributed by atoms with Crippen molar-refractivity contribution < 1.29 is 38.2 Å². The largest absolute Gasteiger partial charge is 0.383 e. The standard InChI is InChI=1S/C27H28N6O3.C26H26N6O2.C25H26N6O2.C24H25N7O/c1-17-4-2-3-5-21(17)26(34)29-15-18-6-8-19(9-7-18)23-22-24(28)30-16-31-25(22)33(32-23)20-10-11-27(14-20)35-12-13-36-27;1-16-4-2-3-5-21(16)26(34)28-14-17-6-8-18(9-7-17)23-22-24(27)29-15-30-25(22)32(31-23)19-10-12-20(33)13-11-19;1-16-4-2-3-5-20(16)25(32)27-14-17-6-8-18(9-7-17)22-21-23(26)28-15-29-24(21)31(30-22)19-10-12-33-13-11-19;1-15-10-11-26-13-19(15)24(32)27-12-16-6-8-17(9-7-16)21-20-22(25)28-14-29-23(20)31(30-21)18-4-2-3-5-18/h2-9,16,20H,10-15H2,1H3,(H,29,34)(H2,28,30,31);2-9,15,19H,10-14H2,1H3,(H,28,34)(H2,27,29,30);2-9,15,19H,10-14H2,1H3,(H,27,32)(H2,26,28,29);6-11,13-14,18H,2-5,12H2,1H3,(H,27,32)(H2,25,28,29). The molecule has 33 nitrogen and oxygen atoms in total. The summed E-state index contributed by atoms with van der Waals surface area (Å²) in [5.74, 6) is 1.04. The lowest BCUT2D eigenvalue weighted by Crippen LogP contribution is -2.26. The van der Waals surface area contributed by atoms with Gasteiger partial charge in [-0.1, -0.05) is 165 Å². The van der Waals surface area contributed by atoms with Crippen LogP contribution in [0.4, 0.5) is 23.3 Å². The van der Waals surface area contributed by atoms with Crippen LogP contribution in [0.15, 0.2) is 214 Å². The second kappa shape index (κ2) is 40.3. The number of carbonyl (C=O) groups excluding carboxylic acids is 5. The fourth-order valence-electron chi connectivity index (χ4n) is 18.4. The van der Waals surface area contributed by atoms with Gasteiger partial charge in [-0.3, -0.25) is 29.0 Å². The summed E-state index contributed by atoms with van der Waals surface area (Å²) in [6.45, 7) is 12.1. The first-order valence-corrected chi connectivity index (χ1v) is 45.7. The van der Waals surface area contributed by atoms with Crippen LogP contribution in [0.1, 0.15) is 194 Å². The van der Waals surface area contributed by atoms with Crippen molar-refractivity contribution in [3.8, 4) is 45.0 Å². The summed E-state index contributed by atoms with van der Waals surface area (Å²) in [5.41, 5.74) is 45.0.